The number of nitrogens with one attached hydrogen (secondary N) is 2. The average Bonchev–Trinajstić information content (AvgIpc) is 3.13. The summed E-state index contributed by atoms with van der Waals surface area (Å²) in [4.78, 5) is 17.3. The van der Waals surface area contributed by atoms with Crippen LogP contribution in [-0.4, -0.2) is 27.6 Å². The van der Waals surface area contributed by atoms with Crippen LogP contribution in [0.15, 0.2) is 24.3 Å². The van der Waals surface area contributed by atoms with Gasteiger partial charge in [-0.15, -0.1) is 12.4 Å². The second-order valence-electron chi connectivity index (χ2n) is 7.73. The summed E-state index contributed by atoms with van der Waals surface area (Å²) in [6.45, 7) is 4.70. The van der Waals surface area contributed by atoms with Crippen LogP contribution in [0.25, 0.3) is 11.4 Å². The molecule has 2 aromatic rings. The van der Waals surface area contributed by atoms with Crippen LogP contribution >= 0.6 is 12.4 Å². The van der Waals surface area contributed by atoms with Gasteiger partial charge in [0.1, 0.15) is 5.82 Å². The smallest absolute Gasteiger partial charge is 0.224 e. The zero-order chi connectivity index (χ0) is 18.6. The number of halogens is 1. The predicted molar refractivity (Wildman–Crippen MR) is 111 cm³/mol. The van der Waals surface area contributed by atoms with Crippen molar-refractivity contribution in [2.24, 2.45) is 11.1 Å². The van der Waals surface area contributed by atoms with Crippen molar-refractivity contribution >= 4 is 24.0 Å². The first kappa shape index (κ1) is 21.4. The standard InChI is InChI=1S/C20H29N5O.ClH/c1-14(2)18-23-19(25-24-18)15-8-4-5-9-16(15)22-17(26)12-20(13-21)10-6-3-7-11-20;/h4-5,8-9,14H,3,6-7,10-13,21H2,1-2H3,(H,22,26)(H,23,24,25);1H. The monoisotopic (exact) mass is 391 g/mol. The molecule has 0 atom stereocenters. The SMILES string of the molecule is CC(C)c1nc(-c2ccccc2NC(=O)CC2(CN)CCCCC2)n[nH]1.Cl. The first-order valence-electron chi connectivity index (χ1n) is 9.55. The highest BCUT2D eigenvalue weighted by molar-refractivity contribution is 5.95. The lowest BCUT2D eigenvalue weighted by molar-refractivity contribution is -0.118. The fourth-order valence-corrected chi connectivity index (χ4v) is 3.73. The van der Waals surface area contributed by atoms with Crippen molar-refractivity contribution in [2.45, 2.75) is 58.3 Å². The van der Waals surface area contributed by atoms with E-state index in [1.807, 2.05) is 24.3 Å². The van der Waals surface area contributed by atoms with Gasteiger partial charge in [-0.25, -0.2) is 4.98 Å². The third-order valence-electron chi connectivity index (χ3n) is 5.37. The molecule has 1 aliphatic carbocycles. The van der Waals surface area contributed by atoms with Gasteiger partial charge < -0.3 is 11.1 Å². The Labute approximate surface area is 167 Å². The molecule has 7 heteroatoms. The van der Waals surface area contributed by atoms with Gasteiger partial charge >= 0.3 is 0 Å². The molecule has 1 heterocycles. The Balaban J connectivity index is 0.00000261. The van der Waals surface area contributed by atoms with Gasteiger partial charge in [-0.1, -0.05) is 45.2 Å². The van der Waals surface area contributed by atoms with Crippen molar-refractivity contribution in [3.8, 4) is 11.4 Å². The molecule has 1 aromatic carbocycles. The number of anilines is 1. The summed E-state index contributed by atoms with van der Waals surface area (Å²) in [6.07, 6.45) is 6.12. The Hall–Kier alpha value is -1.92. The fraction of sp³-hybridized carbons (Fsp3) is 0.550. The number of carbonyl (C=O) groups excluding carboxylic acids is 1. The maximum Gasteiger partial charge on any atom is 0.224 e. The number of carbonyl (C=O) groups is 1. The number of rotatable bonds is 6. The predicted octanol–water partition coefficient (Wildman–Crippen LogP) is 4.25. The minimum Gasteiger partial charge on any atom is -0.330 e. The zero-order valence-electron chi connectivity index (χ0n) is 16.1. The molecule has 0 bridgehead atoms. The highest BCUT2D eigenvalue weighted by Gasteiger charge is 2.33. The van der Waals surface area contributed by atoms with Gasteiger partial charge in [0.2, 0.25) is 5.91 Å². The van der Waals surface area contributed by atoms with Gasteiger partial charge in [0, 0.05) is 17.9 Å². The van der Waals surface area contributed by atoms with Crippen molar-refractivity contribution in [1.29, 1.82) is 0 Å². The fourth-order valence-electron chi connectivity index (χ4n) is 3.73. The quantitative estimate of drug-likeness (QED) is 0.685. The molecule has 4 N–H and O–H groups in total. The number of aromatic amines is 1. The molecule has 3 rings (SSSR count). The Bertz CT molecular complexity index is 752. The minimum absolute atomic E-state index is 0. The van der Waals surface area contributed by atoms with E-state index in [0.717, 1.165) is 42.8 Å². The number of para-hydroxylation sites is 1. The third-order valence-corrected chi connectivity index (χ3v) is 5.37. The zero-order valence-corrected chi connectivity index (χ0v) is 16.9. The van der Waals surface area contributed by atoms with E-state index < -0.39 is 0 Å². The van der Waals surface area contributed by atoms with Crippen molar-refractivity contribution in [3.05, 3.63) is 30.1 Å². The number of aromatic nitrogens is 3. The molecule has 1 amide bonds. The van der Waals surface area contributed by atoms with E-state index in [9.17, 15) is 4.79 Å². The van der Waals surface area contributed by atoms with Gasteiger partial charge in [0.15, 0.2) is 5.82 Å². The van der Waals surface area contributed by atoms with E-state index in [0.29, 0.717) is 18.8 Å². The molecule has 6 nitrogen and oxygen atoms in total. The van der Waals surface area contributed by atoms with Crippen molar-refractivity contribution in [1.82, 2.24) is 15.2 Å². The Kier molecular flexibility index (Phi) is 7.39. The first-order valence-corrected chi connectivity index (χ1v) is 9.55. The highest BCUT2D eigenvalue weighted by Crippen LogP contribution is 2.38. The minimum atomic E-state index is -0.0489. The van der Waals surface area contributed by atoms with Crippen LogP contribution in [0.2, 0.25) is 0 Å². The molecule has 0 spiro atoms. The van der Waals surface area contributed by atoms with E-state index in [4.69, 9.17) is 5.73 Å². The van der Waals surface area contributed by atoms with Gasteiger partial charge in [0.05, 0.1) is 5.69 Å². The van der Waals surface area contributed by atoms with Crippen LogP contribution in [0.3, 0.4) is 0 Å². The lowest BCUT2D eigenvalue weighted by atomic mass is 9.71. The van der Waals surface area contributed by atoms with Gasteiger partial charge in [-0.2, -0.15) is 5.10 Å². The first-order chi connectivity index (χ1) is 12.5. The van der Waals surface area contributed by atoms with E-state index in [1.54, 1.807) is 0 Å². The normalized spacial score (nSPS) is 16.0. The number of hydrogen-bond donors (Lipinski definition) is 3. The van der Waals surface area contributed by atoms with Crippen LogP contribution < -0.4 is 11.1 Å². The number of nitrogens with two attached hydrogens (primary N) is 1. The summed E-state index contributed by atoms with van der Waals surface area (Å²) in [6, 6.07) is 7.67. The molecular weight excluding hydrogens is 362 g/mol. The van der Waals surface area contributed by atoms with Gasteiger partial charge in [-0.3, -0.25) is 9.89 Å². The van der Waals surface area contributed by atoms with E-state index in [2.05, 4.69) is 34.3 Å². The lowest BCUT2D eigenvalue weighted by Gasteiger charge is -2.35. The second-order valence-corrected chi connectivity index (χ2v) is 7.73. The topological polar surface area (TPSA) is 96.7 Å². The van der Waals surface area contributed by atoms with Crippen molar-refractivity contribution in [2.75, 3.05) is 11.9 Å². The largest absolute Gasteiger partial charge is 0.330 e. The summed E-state index contributed by atoms with van der Waals surface area (Å²) in [7, 11) is 0. The highest BCUT2D eigenvalue weighted by atomic mass is 35.5. The second kappa shape index (κ2) is 9.33. The summed E-state index contributed by atoms with van der Waals surface area (Å²) in [5.74, 6) is 1.74. The molecular formula is C20H30ClN5O. The van der Waals surface area contributed by atoms with Gasteiger partial charge in [-0.05, 0) is 36.9 Å². The molecule has 1 aromatic heterocycles. The van der Waals surface area contributed by atoms with E-state index in [1.165, 1.54) is 6.42 Å². The van der Waals surface area contributed by atoms with Gasteiger partial charge in [0.25, 0.3) is 0 Å². The van der Waals surface area contributed by atoms with E-state index in [-0.39, 0.29) is 29.6 Å². The lowest BCUT2D eigenvalue weighted by Crippen LogP contribution is -2.36. The van der Waals surface area contributed by atoms with Crippen molar-refractivity contribution < 1.29 is 4.79 Å². The number of nitrogens with zero attached hydrogens (tertiary/aromatic N) is 2. The van der Waals surface area contributed by atoms with Crippen LogP contribution in [-0.2, 0) is 4.79 Å². The maximum atomic E-state index is 12.7. The maximum absolute atomic E-state index is 12.7. The molecule has 1 saturated carbocycles. The summed E-state index contributed by atoms with van der Waals surface area (Å²) in [5, 5.41) is 10.4. The summed E-state index contributed by atoms with van der Waals surface area (Å²) in [5.41, 5.74) is 7.55. The summed E-state index contributed by atoms with van der Waals surface area (Å²) < 4.78 is 0. The Morgan fingerprint density at radius 3 is 2.59 bits per heavy atom. The molecule has 0 radical (unpaired) electrons. The third kappa shape index (κ3) is 5.08. The van der Waals surface area contributed by atoms with Crippen molar-refractivity contribution in [3.63, 3.8) is 0 Å². The molecule has 0 aliphatic heterocycles. The molecule has 27 heavy (non-hydrogen) atoms. The molecule has 0 unspecified atom stereocenters. The van der Waals surface area contributed by atoms with Crippen LogP contribution in [0.4, 0.5) is 5.69 Å². The molecule has 148 valence electrons. The van der Waals surface area contributed by atoms with E-state index >= 15 is 0 Å². The molecule has 1 fully saturated rings. The van der Waals surface area contributed by atoms with Crippen LogP contribution in [0, 0.1) is 5.41 Å². The van der Waals surface area contributed by atoms with Crippen LogP contribution in [0.1, 0.15) is 64.1 Å². The van der Waals surface area contributed by atoms with Crippen LogP contribution in [0.5, 0.6) is 0 Å². The average molecular weight is 392 g/mol. The Morgan fingerprint density at radius 2 is 1.96 bits per heavy atom. The molecule has 1 aliphatic rings. The summed E-state index contributed by atoms with van der Waals surface area (Å²) >= 11 is 0. The number of amides is 1. The Morgan fingerprint density at radius 1 is 1.26 bits per heavy atom. The number of hydrogen-bond acceptors (Lipinski definition) is 4. The number of benzene rings is 1. The number of H-pyrrole nitrogens is 1. The molecule has 0 saturated heterocycles.